The molecule has 1 heteroatoms. The molecule has 1 aromatic heterocycles. The molecule has 0 spiro atoms. The molecule has 1 heterocycles. The van der Waals surface area contributed by atoms with Crippen LogP contribution >= 0.6 is 0 Å². The number of rotatable bonds is 2. The van der Waals surface area contributed by atoms with Gasteiger partial charge in [0.15, 0.2) is 0 Å². The third-order valence-corrected chi connectivity index (χ3v) is 2.59. The number of nitrogens with zero attached hydrogens (tertiary/aromatic N) is 1. The zero-order chi connectivity index (χ0) is 10.7. The standard InChI is InChI=1S/C14H15N/c1-3-12-6-4-5-7-13(12)14-9-8-11(2)10-15-14/h4-10H,3H2,1-2H3. The molecule has 0 aliphatic rings. The third kappa shape index (κ3) is 2.07. The van der Waals surface area contributed by atoms with Gasteiger partial charge in [-0.05, 0) is 30.5 Å². The van der Waals surface area contributed by atoms with Crippen LogP contribution in [0.2, 0.25) is 0 Å². The zero-order valence-electron chi connectivity index (χ0n) is 9.20. The van der Waals surface area contributed by atoms with E-state index in [0.29, 0.717) is 0 Å². The first-order valence-electron chi connectivity index (χ1n) is 5.32. The average Bonchev–Trinajstić information content (AvgIpc) is 2.30. The third-order valence-electron chi connectivity index (χ3n) is 2.59. The lowest BCUT2D eigenvalue weighted by Gasteiger charge is -2.06. The van der Waals surface area contributed by atoms with Crippen LogP contribution in [0.25, 0.3) is 11.3 Å². The van der Waals surface area contributed by atoms with E-state index in [9.17, 15) is 0 Å². The Hall–Kier alpha value is -1.63. The molecular formula is C14H15N. The SMILES string of the molecule is CCc1ccccc1-c1ccc(C)cn1. The van der Waals surface area contributed by atoms with E-state index >= 15 is 0 Å². The Kier molecular flexibility index (Phi) is 2.82. The maximum Gasteiger partial charge on any atom is 0.0704 e. The molecule has 0 aliphatic carbocycles. The molecule has 76 valence electrons. The largest absolute Gasteiger partial charge is 0.256 e. The average molecular weight is 197 g/mol. The molecule has 0 saturated carbocycles. The first-order valence-corrected chi connectivity index (χ1v) is 5.32. The fourth-order valence-corrected chi connectivity index (χ4v) is 1.71. The molecule has 0 unspecified atom stereocenters. The summed E-state index contributed by atoms with van der Waals surface area (Å²) >= 11 is 0. The van der Waals surface area contributed by atoms with Gasteiger partial charge in [-0.1, -0.05) is 37.3 Å². The van der Waals surface area contributed by atoms with E-state index < -0.39 is 0 Å². The van der Waals surface area contributed by atoms with Crippen molar-refractivity contribution in [1.82, 2.24) is 4.98 Å². The van der Waals surface area contributed by atoms with Crippen LogP contribution in [0.4, 0.5) is 0 Å². The van der Waals surface area contributed by atoms with Crippen molar-refractivity contribution >= 4 is 0 Å². The van der Waals surface area contributed by atoms with E-state index in [1.165, 1.54) is 16.7 Å². The van der Waals surface area contributed by atoms with Crippen LogP contribution in [0.3, 0.4) is 0 Å². The fraction of sp³-hybridized carbons (Fsp3) is 0.214. The summed E-state index contributed by atoms with van der Waals surface area (Å²) in [7, 11) is 0. The molecule has 0 radical (unpaired) electrons. The van der Waals surface area contributed by atoms with Gasteiger partial charge in [0.25, 0.3) is 0 Å². The van der Waals surface area contributed by atoms with Gasteiger partial charge in [0, 0.05) is 11.8 Å². The summed E-state index contributed by atoms with van der Waals surface area (Å²) in [6.45, 7) is 4.23. The normalized spacial score (nSPS) is 10.3. The van der Waals surface area contributed by atoms with Gasteiger partial charge in [0.2, 0.25) is 0 Å². The maximum absolute atomic E-state index is 4.46. The van der Waals surface area contributed by atoms with Gasteiger partial charge in [0.1, 0.15) is 0 Å². The van der Waals surface area contributed by atoms with Crippen molar-refractivity contribution in [2.45, 2.75) is 20.3 Å². The summed E-state index contributed by atoms with van der Waals surface area (Å²) in [5, 5.41) is 0. The number of hydrogen-bond donors (Lipinski definition) is 0. The zero-order valence-corrected chi connectivity index (χ0v) is 9.20. The minimum atomic E-state index is 1.05. The predicted octanol–water partition coefficient (Wildman–Crippen LogP) is 3.62. The van der Waals surface area contributed by atoms with Crippen LogP contribution in [-0.2, 0) is 6.42 Å². The minimum absolute atomic E-state index is 1.05. The Balaban J connectivity index is 2.49. The van der Waals surface area contributed by atoms with Crippen molar-refractivity contribution in [3.05, 3.63) is 53.7 Å². The molecule has 1 nitrogen and oxygen atoms in total. The Bertz CT molecular complexity index is 443. The van der Waals surface area contributed by atoms with Gasteiger partial charge in [-0.15, -0.1) is 0 Å². The molecule has 2 aromatic rings. The Morgan fingerprint density at radius 3 is 2.53 bits per heavy atom. The van der Waals surface area contributed by atoms with Gasteiger partial charge in [-0.2, -0.15) is 0 Å². The lowest BCUT2D eigenvalue weighted by atomic mass is 10.0. The number of hydrogen-bond acceptors (Lipinski definition) is 1. The molecule has 2 rings (SSSR count). The lowest BCUT2D eigenvalue weighted by molar-refractivity contribution is 1.13. The van der Waals surface area contributed by atoms with E-state index in [1.54, 1.807) is 0 Å². The first kappa shape index (κ1) is 9.91. The molecule has 0 saturated heterocycles. The van der Waals surface area contributed by atoms with E-state index in [2.05, 4.69) is 55.2 Å². The van der Waals surface area contributed by atoms with Crippen molar-refractivity contribution in [1.29, 1.82) is 0 Å². The van der Waals surface area contributed by atoms with Crippen molar-refractivity contribution < 1.29 is 0 Å². The summed E-state index contributed by atoms with van der Waals surface area (Å²) in [6, 6.07) is 12.6. The van der Waals surface area contributed by atoms with Crippen molar-refractivity contribution in [2.24, 2.45) is 0 Å². The number of pyridine rings is 1. The highest BCUT2D eigenvalue weighted by atomic mass is 14.7. The quantitative estimate of drug-likeness (QED) is 0.716. The second-order valence-electron chi connectivity index (χ2n) is 3.73. The summed E-state index contributed by atoms with van der Waals surface area (Å²) in [5.74, 6) is 0. The minimum Gasteiger partial charge on any atom is -0.256 e. The van der Waals surface area contributed by atoms with Crippen LogP contribution in [-0.4, -0.2) is 4.98 Å². The molecule has 1 aromatic carbocycles. The van der Waals surface area contributed by atoms with Gasteiger partial charge in [0.05, 0.1) is 5.69 Å². The molecule has 0 bridgehead atoms. The van der Waals surface area contributed by atoms with Crippen molar-refractivity contribution in [2.75, 3.05) is 0 Å². The smallest absolute Gasteiger partial charge is 0.0704 e. The lowest BCUT2D eigenvalue weighted by Crippen LogP contribution is -1.89. The van der Waals surface area contributed by atoms with E-state index in [0.717, 1.165) is 12.1 Å². The van der Waals surface area contributed by atoms with Crippen LogP contribution in [0.5, 0.6) is 0 Å². The molecular weight excluding hydrogens is 182 g/mol. The van der Waals surface area contributed by atoms with Crippen LogP contribution in [0.1, 0.15) is 18.1 Å². The van der Waals surface area contributed by atoms with Crippen LogP contribution in [0, 0.1) is 6.92 Å². The van der Waals surface area contributed by atoms with Gasteiger partial charge < -0.3 is 0 Å². The topological polar surface area (TPSA) is 12.9 Å². The molecule has 0 N–H and O–H groups in total. The Morgan fingerprint density at radius 2 is 1.87 bits per heavy atom. The summed E-state index contributed by atoms with van der Waals surface area (Å²) < 4.78 is 0. The maximum atomic E-state index is 4.46. The summed E-state index contributed by atoms with van der Waals surface area (Å²) in [5.41, 5.74) is 4.87. The second-order valence-corrected chi connectivity index (χ2v) is 3.73. The van der Waals surface area contributed by atoms with Crippen molar-refractivity contribution in [3.8, 4) is 11.3 Å². The molecule has 0 amide bonds. The van der Waals surface area contributed by atoms with Gasteiger partial charge in [-0.3, -0.25) is 4.98 Å². The van der Waals surface area contributed by atoms with Crippen LogP contribution in [0.15, 0.2) is 42.6 Å². The summed E-state index contributed by atoms with van der Waals surface area (Å²) in [4.78, 5) is 4.46. The number of aryl methyl sites for hydroxylation is 2. The van der Waals surface area contributed by atoms with E-state index in [-0.39, 0.29) is 0 Å². The van der Waals surface area contributed by atoms with Crippen LogP contribution < -0.4 is 0 Å². The van der Waals surface area contributed by atoms with Gasteiger partial charge in [-0.25, -0.2) is 0 Å². The Morgan fingerprint density at radius 1 is 1.07 bits per heavy atom. The predicted molar refractivity (Wildman–Crippen MR) is 63.8 cm³/mol. The molecule has 15 heavy (non-hydrogen) atoms. The second kappa shape index (κ2) is 4.26. The monoisotopic (exact) mass is 197 g/mol. The molecule has 0 fully saturated rings. The molecule has 0 atom stereocenters. The van der Waals surface area contributed by atoms with E-state index in [1.807, 2.05) is 6.20 Å². The highest BCUT2D eigenvalue weighted by Gasteiger charge is 2.02. The highest BCUT2D eigenvalue weighted by molar-refractivity contribution is 5.63. The van der Waals surface area contributed by atoms with Gasteiger partial charge >= 0.3 is 0 Å². The summed E-state index contributed by atoms with van der Waals surface area (Å²) in [6.07, 6.45) is 2.97. The molecule has 0 aliphatic heterocycles. The first-order chi connectivity index (χ1) is 7.31. The Labute approximate surface area is 90.8 Å². The van der Waals surface area contributed by atoms with Crippen molar-refractivity contribution in [3.63, 3.8) is 0 Å². The number of aromatic nitrogens is 1. The van der Waals surface area contributed by atoms with E-state index in [4.69, 9.17) is 0 Å². The fourth-order valence-electron chi connectivity index (χ4n) is 1.71. The number of benzene rings is 1. The highest BCUT2D eigenvalue weighted by Crippen LogP contribution is 2.21.